The lowest BCUT2D eigenvalue weighted by molar-refractivity contribution is 0.0902. The van der Waals surface area contributed by atoms with Gasteiger partial charge in [-0.2, -0.15) is 5.10 Å². The Balaban J connectivity index is 0.000000127. The van der Waals surface area contributed by atoms with Gasteiger partial charge in [0, 0.05) is 227 Å². The molecule has 0 aliphatic heterocycles. The maximum Gasteiger partial charge on any atom is 0.200 e. The SMILES string of the molecule is O=C(CCC(=O)c1ccc2occc2c1)c1cccnc1.O=C(CCC(=O)c1ccc2occc2c1)c1cccnc1.O=C(CCC(=O)c1ccccn1)c1ccc2occc2c1.O=C(CCC(=O)c1cccnn1)c1ccc2occc2c1.O=C(CCC(=O)c1ccco1)c1ccc2occc2c1.O=C(CCC(=O)c1cccs1)c1ccc2occc2c1.O=C(CCC(=O)c1ncccn1)c1ccc2occc2c1. The fraction of sp³-hybridized carbons (Fsp3) is 0.122. The monoisotopic (exact) mass is 1950 g/mol. The third-order valence-electron chi connectivity index (χ3n) is 22.7. The van der Waals surface area contributed by atoms with Crippen LogP contribution in [0.25, 0.3) is 76.8 Å². The molecule has 21 aromatic rings. The van der Waals surface area contributed by atoms with E-state index in [9.17, 15) is 67.1 Å². The molecule has 21 rings (SSSR count). The first kappa shape index (κ1) is 101. The quantitative estimate of drug-likeness (QED) is 0.0333. The van der Waals surface area contributed by atoms with Gasteiger partial charge in [0.2, 0.25) is 0 Å². The van der Waals surface area contributed by atoms with Crippen LogP contribution in [0.1, 0.15) is 235 Å². The zero-order valence-corrected chi connectivity index (χ0v) is 78.3. The van der Waals surface area contributed by atoms with Crippen LogP contribution < -0.4 is 0 Å². The number of carbonyl (C=O) groups excluding carboxylic acids is 14. The Kier molecular flexibility index (Phi) is 34.9. The Morgan fingerprint density at radius 3 is 0.814 bits per heavy atom. The van der Waals surface area contributed by atoms with Crippen LogP contribution in [0.5, 0.6) is 0 Å². The summed E-state index contributed by atoms with van der Waals surface area (Å²) in [4.78, 5) is 188. The first-order valence-corrected chi connectivity index (χ1v) is 46.6. The standard InChI is InChI=1S/3C17H13NO3.2C16H12N2O3.C16H12O4.C16H12O3S/c2*19-15(4-5-16(20)14-2-1-8-18-11-14)12-3-6-17-13(10-12)7-9-21-17;19-15(5-6-16(20)14-3-1-2-9-18-14)12-4-7-17-13(11-12)8-10-21-17;19-13(3-4-14(20)16-17-7-1-8-18-16)11-2-5-15-12(10-11)6-9-21-15;19-14(4-5-15(20)13-2-1-8-17-18-13)11-3-6-16-12(10-11)7-9-21-16;17-13(4-5-14(18)16-2-1-8-19-16)11-3-6-15-12(10-11)7-9-20-15;17-13(4-5-14(18)16-2-1-9-20-16)11-3-6-15-12(10-11)7-8-19-15/h2*1-3,6-11H,4-5H2;1-4,7-11H,5-6H2;1-2,5-10H,3-4H2;1-3,6-10H,4-5H2;2*1-3,6-10H,4-5H2. The maximum absolute atomic E-state index is 12.1. The highest BCUT2D eigenvalue weighted by molar-refractivity contribution is 7.12. The summed E-state index contributed by atoms with van der Waals surface area (Å²) in [6.07, 6.45) is 27.3. The molecule has 145 heavy (non-hydrogen) atoms. The predicted molar refractivity (Wildman–Crippen MR) is 539 cm³/mol. The zero-order chi connectivity index (χ0) is 101. The van der Waals surface area contributed by atoms with Gasteiger partial charge in [0.15, 0.2) is 92.6 Å². The van der Waals surface area contributed by atoms with Crippen LogP contribution in [0.3, 0.4) is 0 Å². The molecule has 30 heteroatoms. The highest BCUT2D eigenvalue weighted by Crippen LogP contribution is 2.28. The zero-order valence-electron chi connectivity index (χ0n) is 77.5. The second-order valence-corrected chi connectivity index (χ2v) is 33.4. The molecule has 0 spiro atoms. The van der Waals surface area contributed by atoms with Gasteiger partial charge >= 0.3 is 0 Å². The molecule has 0 saturated heterocycles. The van der Waals surface area contributed by atoms with Crippen molar-refractivity contribution in [1.82, 2.24) is 35.1 Å². The summed E-state index contributed by atoms with van der Waals surface area (Å²) in [5.74, 6) is -0.731. The summed E-state index contributed by atoms with van der Waals surface area (Å²) in [5, 5.41) is 15.5. The molecule has 14 heterocycles. The van der Waals surface area contributed by atoms with Crippen LogP contribution >= 0.6 is 11.3 Å². The minimum atomic E-state index is -0.228. The smallest absolute Gasteiger partial charge is 0.200 e. The Morgan fingerprint density at radius 2 is 0.517 bits per heavy atom. The van der Waals surface area contributed by atoms with E-state index in [1.807, 2.05) is 35.7 Å². The summed E-state index contributed by atoms with van der Waals surface area (Å²) in [6.45, 7) is 0. The van der Waals surface area contributed by atoms with E-state index in [0.29, 0.717) is 66.4 Å². The van der Waals surface area contributed by atoms with Crippen molar-refractivity contribution in [2.45, 2.75) is 89.9 Å². The second kappa shape index (κ2) is 50.2. The number of benzene rings is 7. The van der Waals surface area contributed by atoms with Crippen molar-refractivity contribution in [2.24, 2.45) is 0 Å². The Morgan fingerprint density at radius 1 is 0.214 bits per heavy atom. The minimum Gasteiger partial charge on any atom is -0.464 e. The van der Waals surface area contributed by atoms with Crippen LogP contribution in [0.4, 0.5) is 0 Å². The first-order valence-electron chi connectivity index (χ1n) is 45.8. The average molecular weight is 1950 g/mol. The number of nitrogens with zero attached hydrogens (tertiary/aromatic N) is 7. The third kappa shape index (κ3) is 28.3. The molecule has 7 aromatic carbocycles. The van der Waals surface area contributed by atoms with Gasteiger partial charge in [-0.05, 0) is 248 Å². The van der Waals surface area contributed by atoms with Crippen molar-refractivity contribution in [3.8, 4) is 0 Å². The van der Waals surface area contributed by atoms with Crippen LogP contribution in [0.15, 0.2) is 395 Å². The molecule has 14 aromatic heterocycles. The molecule has 720 valence electrons. The molecule has 0 amide bonds. The molecule has 0 atom stereocenters. The molecule has 0 bridgehead atoms. The number of hydrogen-bond donors (Lipinski definition) is 0. The molecule has 29 nitrogen and oxygen atoms in total. The van der Waals surface area contributed by atoms with Crippen molar-refractivity contribution in [2.75, 3.05) is 0 Å². The molecule has 0 saturated carbocycles. The molecular weight excluding hydrogens is 1860 g/mol. The van der Waals surface area contributed by atoms with Gasteiger partial charge in [0.25, 0.3) is 0 Å². The van der Waals surface area contributed by atoms with E-state index in [-0.39, 0.29) is 182 Å². The van der Waals surface area contributed by atoms with Crippen molar-refractivity contribution in [1.29, 1.82) is 0 Å². The molecular formula is C115H87N7O22S. The highest BCUT2D eigenvalue weighted by Gasteiger charge is 2.22. The molecule has 0 aliphatic rings. The largest absolute Gasteiger partial charge is 0.464 e. The summed E-state index contributed by atoms with van der Waals surface area (Å²) < 4.78 is 41.6. The lowest BCUT2D eigenvalue weighted by Gasteiger charge is -2.01. The summed E-state index contributed by atoms with van der Waals surface area (Å²) in [5.41, 5.74) is 11.1. The van der Waals surface area contributed by atoms with Crippen LogP contribution in [-0.2, 0) is 0 Å². The van der Waals surface area contributed by atoms with Crippen molar-refractivity contribution >= 4 is 169 Å². The predicted octanol–water partition coefficient (Wildman–Crippen LogP) is 25.4. The lowest BCUT2D eigenvalue weighted by atomic mass is 10.0. The normalized spacial score (nSPS) is 10.7. The van der Waals surface area contributed by atoms with Gasteiger partial charge < -0.3 is 35.3 Å². The summed E-state index contributed by atoms with van der Waals surface area (Å²) in [7, 11) is 0. The van der Waals surface area contributed by atoms with E-state index < -0.39 is 0 Å². The number of hydrogen-bond acceptors (Lipinski definition) is 30. The fourth-order valence-corrected chi connectivity index (χ4v) is 15.5. The van der Waals surface area contributed by atoms with E-state index >= 15 is 0 Å². The van der Waals surface area contributed by atoms with Gasteiger partial charge in [-0.3, -0.25) is 82.1 Å². The van der Waals surface area contributed by atoms with Gasteiger partial charge in [-0.1, -0.05) is 12.1 Å². The molecule has 0 N–H and O–H groups in total. The van der Waals surface area contributed by atoms with Gasteiger partial charge in [-0.25, -0.2) is 9.97 Å². The van der Waals surface area contributed by atoms with Crippen molar-refractivity contribution < 1.29 is 102 Å². The Hall–Kier alpha value is -18.7. The van der Waals surface area contributed by atoms with E-state index in [0.717, 1.165) is 76.8 Å². The fourth-order valence-electron chi connectivity index (χ4n) is 14.8. The van der Waals surface area contributed by atoms with Gasteiger partial charge in [0.1, 0.15) is 50.5 Å². The number of fused-ring (bicyclic) bond motifs is 7. The van der Waals surface area contributed by atoms with Crippen LogP contribution in [0, 0.1) is 0 Å². The van der Waals surface area contributed by atoms with Gasteiger partial charge in [-0.15, -0.1) is 16.4 Å². The lowest BCUT2D eigenvalue weighted by Crippen LogP contribution is -2.08. The number of aromatic nitrogens is 7. The van der Waals surface area contributed by atoms with Crippen LogP contribution in [-0.4, -0.2) is 116 Å². The number of Topliss-reactive ketones (excluding diaryl/α,β-unsaturated/α-hetero) is 14. The molecule has 0 fully saturated rings. The van der Waals surface area contributed by atoms with Gasteiger partial charge in [0.05, 0.1) is 55.0 Å². The minimum absolute atomic E-state index is 0.0157. The topological polar surface area (TPSA) is 434 Å². The van der Waals surface area contributed by atoms with Crippen LogP contribution in [0.2, 0.25) is 0 Å². The number of furan rings is 8. The van der Waals surface area contributed by atoms with E-state index in [1.165, 1.54) is 48.6 Å². The third-order valence-corrected chi connectivity index (χ3v) is 23.6. The maximum atomic E-state index is 12.1. The average Bonchev–Trinajstić information content (AvgIpc) is 1.74. The number of pyridine rings is 3. The van der Waals surface area contributed by atoms with Crippen molar-refractivity contribution in [3.05, 3.63) is 438 Å². The first-order chi connectivity index (χ1) is 70.7. The van der Waals surface area contributed by atoms with E-state index in [4.69, 9.17) is 35.3 Å². The summed E-state index contributed by atoms with van der Waals surface area (Å²) in [6, 6.07) is 73.3. The number of carbonyl (C=O) groups is 14. The van der Waals surface area contributed by atoms with Crippen molar-refractivity contribution in [3.63, 3.8) is 0 Å². The molecule has 0 unspecified atom stereocenters. The van der Waals surface area contributed by atoms with E-state index in [1.54, 1.807) is 287 Å². The Labute approximate surface area is 829 Å². The highest BCUT2D eigenvalue weighted by atomic mass is 32.1. The molecule has 0 aliphatic carbocycles. The van der Waals surface area contributed by atoms with E-state index in [2.05, 4.69) is 35.1 Å². The molecule has 0 radical (unpaired) electrons. The number of ketones is 14. The summed E-state index contributed by atoms with van der Waals surface area (Å²) >= 11 is 1.41. The Bertz CT molecular complexity index is 7210. The number of rotatable bonds is 35. The number of thiophene rings is 1. The second-order valence-electron chi connectivity index (χ2n) is 32.5.